The second-order valence-corrected chi connectivity index (χ2v) is 4.06. The van der Waals surface area contributed by atoms with Crippen molar-refractivity contribution in [2.75, 3.05) is 0 Å². The molecule has 0 N–H and O–H groups in total. The SMILES string of the molecule is Cc1ccc(Oc2cccc(C=O)c2)c(C)c1. The van der Waals surface area contributed by atoms with E-state index in [1.807, 2.05) is 38.1 Å². The van der Waals surface area contributed by atoms with Gasteiger partial charge in [-0.05, 0) is 37.6 Å². The second kappa shape index (κ2) is 4.83. The van der Waals surface area contributed by atoms with Gasteiger partial charge < -0.3 is 4.74 Å². The fourth-order valence-electron chi connectivity index (χ4n) is 1.69. The fraction of sp³-hybridized carbons (Fsp3) is 0.133. The van der Waals surface area contributed by atoms with Gasteiger partial charge in [-0.15, -0.1) is 0 Å². The van der Waals surface area contributed by atoms with Crippen LogP contribution in [-0.2, 0) is 0 Å². The Bertz CT molecular complexity index is 544. The third-order valence-corrected chi connectivity index (χ3v) is 2.55. The molecule has 0 radical (unpaired) electrons. The first-order valence-electron chi connectivity index (χ1n) is 5.49. The maximum atomic E-state index is 10.7. The Hall–Kier alpha value is -2.09. The van der Waals surface area contributed by atoms with Gasteiger partial charge in [0.15, 0.2) is 0 Å². The summed E-state index contributed by atoms with van der Waals surface area (Å²) >= 11 is 0. The smallest absolute Gasteiger partial charge is 0.150 e. The molecule has 0 saturated heterocycles. The topological polar surface area (TPSA) is 26.3 Å². The van der Waals surface area contributed by atoms with Gasteiger partial charge >= 0.3 is 0 Å². The molecule has 0 saturated carbocycles. The molecular weight excluding hydrogens is 212 g/mol. The van der Waals surface area contributed by atoms with Gasteiger partial charge in [0.2, 0.25) is 0 Å². The van der Waals surface area contributed by atoms with E-state index in [2.05, 4.69) is 6.07 Å². The molecule has 0 spiro atoms. The Labute approximate surface area is 101 Å². The molecule has 0 aliphatic rings. The van der Waals surface area contributed by atoms with Crippen molar-refractivity contribution in [3.63, 3.8) is 0 Å². The average Bonchev–Trinajstić information content (AvgIpc) is 2.33. The van der Waals surface area contributed by atoms with Crippen LogP contribution in [0.4, 0.5) is 0 Å². The maximum absolute atomic E-state index is 10.7. The number of carbonyl (C=O) groups excluding carboxylic acids is 1. The van der Waals surface area contributed by atoms with E-state index in [1.54, 1.807) is 12.1 Å². The molecule has 0 unspecified atom stereocenters. The Morgan fingerprint density at radius 1 is 1.06 bits per heavy atom. The van der Waals surface area contributed by atoms with E-state index in [4.69, 9.17) is 4.74 Å². The van der Waals surface area contributed by atoms with Crippen LogP contribution >= 0.6 is 0 Å². The normalized spacial score (nSPS) is 10.0. The second-order valence-electron chi connectivity index (χ2n) is 4.06. The summed E-state index contributed by atoms with van der Waals surface area (Å²) in [6.07, 6.45) is 0.814. The lowest BCUT2D eigenvalue weighted by Gasteiger charge is -2.09. The van der Waals surface area contributed by atoms with Crippen LogP contribution in [0.1, 0.15) is 21.5 Å². The molecule has 0 aliphatic heterocycles. The molecule has 0 amide bonds. The van der Waals surface area contributed by atoms with Crippen molar-refractivity contribution in [3.8, 4) is 11.5 Å². The Kier molecular flexibility index (Phi) is 3.24. The molecule has 0 fully saturated rings. The summed E-state index contributed by atoms with van der Waals surface area (Å²) in [6.45, 7) is 4.05. The standard InChI is InChI=1S/C15H14O2/c1-11-6-7-15(12(2)8-11)17-14-5-3-4-13(9-14)10-16/h3-10H,1-2H3. The lowest BCUT2D eigenvalue weighted by atomic mass is 10.1. The minimum absolute atomic E-state index is 0.618. The molecule has 2 nitrogen and oxygen atoms in total. The molecule has 2 aromatic carbocycles. The van der Waals surface area contributed by atoms with Gasteiger partial charge in [0, 0.05) is 5.56 Å². The van der Waals surface area contributed by atoms with Crippen molar-refractivity contribution in [2.45, 2.75) is 13.8 Å². The summed E-state index contributed by atoms with van der Waals surface area (Å²) in [5.41, 5.74) is 2.91. The molecule has 17 heavy (non-hydrogen) atoms. The number of hydrogen-bond acceptors (Lipinski definition) is 2. The van der Waals surface area contributed by atoms with Crippen LogP contribution < -0.4 is 4.74 Å². The summed E-state index contributed by atoms with van der Waals surface area (Å²) in [7, 11) is 0. The summed E-state index contributed by atoms with van der Waals surface area (Å²) in [4.78, 5) is 10.7. The third kappa shape index (κ3) is 2.72. The number of ether oxygens (including phenoxy) is 1. The number of carbonyl (C=O) groups is 1. The predicted octanol–water partition coefficient (Wildman–Crippen LogP) is 3.91. The zero-order chi connectivity index (χ0) is 12.3. The van der Waals surface area contributed by atoms with E-state index in [0.29, 0.717) is 11.3 Å². The molecule has 86 valence electrons. The molecule has 2 rings (SSSR count). The van der Waals surface area contributed by atoms with Crippen molar-refractivity contribution < 1.29 is 9.53 Å². The molecule has 2 aromatic rings. The average molecular weight is 226 g/mol. The van der Waals surface area contributed by atoms with Gasteiger partial charge in [0.05, 0.1) is 0 Å². The van der Waals surface area contributed by atoms with Crippen molar-refractivity contribution in [1.82, 2.24) is 0 Å². The van der Waals surface area contributed by atoms with E-state index >= 15 is 0 Å². The van der Waals surface area contributed by atoms with Crippen molar-refractivity contribution in [2.24, 2.45) is 0 Å². The van der Waals surface area contributed by atoms with Gasteiger partial charge in [-0.1, -0.05) is 29.8 Å². The zero-order valence-electron chi connectivity index (χ0n) is 9.94. The van der Waals surface area contributed by atoms with Crippen LogP contribution in [0, 0.1) is 13.8 Å². The number of hydrogen-bond donors (Lipinski definition) is 0. The predicted molar refractivity (Wildman–Crippen MR) is 67.8 cm³/mol. The molecule has 0 heterocycles. The highest BCUT2D eigenvalue weighted by Crippen LogP contribution is 2.25. The van der Waals surface area contributed by atoms with Crippen molar-refractivity contribution >= 4 is 6.29 Å². The third-order valence-electron chi connectivity index (χ3n) is 2.55. The van der Waals surface area contributed by atoms with E-state index in [1.165, 1.54) is 5.56 Å². The van der Waals surface area contributed by atoms with E-state index in [0.717, 1.165) is 17.6 Å². The molecule has 0 atom stereocenters. The highest BCUT2D eigenvalue weighted by atomic mass is 16.5. The first-order valence-corrected chi connectivity index (χ1v) is 5.49. The highest BCUT2D eigenvalue weighted by Gasteiger charge is 2.02. The van der Waals surface area contributed by atoms with E-state index in [9.17, 15) is 4.79 Å². The van der Waals surface area contributed by atoms with Crippen LogP contribution in [0.15, 0.2) is 42.5 Å². The molecule has 0 bridgehead atoms. The minimum atomic E-state index is 0.618. The van der Waals surface area contributed by atoms with Crippen molar-refractivity contribution in [1.29, 1.82) is 0 Å². The lowest BCUT2D eigenvalue weighted by Crippen LogP contribution is -1.89. The lowest BCUT2D eigenvalue weighted by molar-refractivity contribution is 0.112. The van der Waals surface area contributed by atoms with Crippen LogP contribution in [0.25, 0.3) is 0 Å². The highest BCUT2D eigenvalue weighted by molar-refractivity contribution is 5.75. The number of benzene rings is 2. The van der Waals surface area contributed by atoms with Gasteiger partial charge in [0.1, 0.15) is 17.8 Å². The first kappa shape index (κ1) is 11.4. The van der Waals surface area contributed by atoms with Gasteiger partial charge in [-0.2, -0.15) is 0 Å². The Balaban J connectivity index is 2.27. The quantitative estimate of drug-likeness (QED) is 0.742. The van der Waals surface area contributed by atoms with E-state index in [-0.39, 0.29) is 0 Å². The van der Waals surface area contributed by atoms with Gasteiger partial charge in [-0.3, -0.25) is 4.79 Å². The number of aldehydes is 1. The Morgan fingerprint density at radius 3 is 2.59 bits per heavy atom. The molecule has 0 aromatic heterocycles. The largest absolute Gasteiger partial charge is 0.457 e. The molecule has 0 aliphatic carbocycles. The summed E-state index contributed by atoms with van der Waals surface area (Å²) in [5.74, 6) is 1.50. The summed E-state index contributed by atoms with van der Waals surface area (Å²) in [5, 5.41) is 0. The number of rotatable bonds is 3. The monoisotopic (exact) mass is 226 g/mol. The molecular formula is C15H14O2. The number of aryl methyl sites for hydroxylation is 2. The van der Waals surface area contributed by atoms with Crippen LogP contribution in [0.3, 0.4) is 0 Å². The zero-order valence-corrected chi connectivity index (χ0v) is 9.94. The van der Waals surface area contributed by atoms with Crippen molar-refractivity contribution in [3.05, 3.63) is 59.2 Å². The Morgan fingerprint density at radius 2 is 1.88 bits per heavy atom. The minimum Gasteiger partial charge on any atom is -0.457 e. The van der Waals surface area contributed by atoms with Crippen LogP contribution in [0.5, 0.6) is 11.5 Å². The van der Waals surface area contributed by atoms with Gasteiger partial charge in [0.25, 0.3) is 0 Å². The van der Waals surface area contributed by atoms with Crippen LogP contribution in [0.2, 0.25) is 0 Å². The summed E-state index contributed by atoms with van der Waals surface area (Å²) in [6, 6.07) is 13.1. The van der Waals surface area contributed by atoms with Gasteiger partial charge in [-0.25, -0.2) is 0 Å². The molecule has 2 heteroatoms. The first-order chi connectivity index (χ1) is 8.19. The fourth-order valence-corrected chi connectivity index (χ4v) is 1.69. The van der Waals surface area contributed by atoms with Crippen LogP contribution in [-0.4, -0.2) is 6.29 Å². The summed E-state index contributed by atoms with van der Waals surface area (Å²) < 4.78 is 5.75. The van der Waals surface area contributed by atoms with E-state index < -0.39 is 0 Å². The maximum Gasteiger partial charge on any atom is 0.150 e.